The first-order valence-corrected chi connectivity index (χ1v) is 7.29. The molecule has 6 heteroatoms. The van der Waals surface area contributed by atoms with Crippen LogP contribution in [0.1, 0.15) is 18.0 Å². The Morgan fingerprint density at radius 2 is 1.74 bits per heavy atom. The zero-order chi connectivity index (χ0) is 16.7. The van der Waals surface area contributed by atoms with Crippen molar-refractivity contribution < 1.29 is 9.59 Å². The van der Waals surface area contributed by atoms with Crippen molar-refractivity contribution in [1.29, 1.82) is 0 Å². The topological polar surface area (TPSA) is 74.3 Å². The number of anilines is 1. The highest BCUT2D eigenvalue weighted by atomic mass is 16.2. The molecule has 1 aromatic carbocycles. The normalized spacial score (nSPS) is 11.4. The van der Waals surface area contributed by atoms with Crippen LogP contribution in [-0.4, -0.2) is 35.9 Å². The fourth-order valence-corrected chi connectivity index (χ4v) is 2.06. The summed E-state index contributed by atoms with van der Waals surface area (Å²) >= 11 is 0. The lowest BCUT2D eigenvalue weighted by atomic mass is 10.0. The standard InChI is InChI=1S/C17H20N4O2/c1-21(2)16(22)12-15(13-6-4-3-5-7-13)20-17(23)19-14-8-10-18-11-9-14/h3-11,15H,12H2,1-2H3,(H2,18,19,20,23)/t15-/m0/s1. The number of urea groups is 1. The molecular formula is C17H20N4O2. The molecule has 3 amide bonds. The van der Waals surface area contributed by atoms with Gasteiger partial charge in [-0.05, 0) is 17.7 Å². The minimum Gasteiger partial charge on any atom is -0.349 e. The fourth-order valence-electron chi connectivity index (χ4n) is 2.06. The molecule has 0 unspecified atom stereocenters. The SMILES string of the molecule is CN(C)C(=O)C[C@H](NC(=O)Nc1ccncc1)c1ccccc1. The lowest BCUT2D eigenvalue weighted by Crippen LogP contribution is -2.36. The van der Waals surface area contributed by atoms with Gasteiger partial charge in [-0.3, -0.25) is 9.78 Å². The van der Waals surface area contributed by atoms with Crippen LogP contribution in [0.15, 0.2) is 54.9 Å². The summed E-state index contributed by atoms with van der Waals surface area (Å²) in [7, 11) is 3.39. The van der Waals surface area contributed by atoms with Gasteiger partial charge in [0, 0.05) is 32.2 Å². The molecule has 6 nitrogen and oxygen atoms in total. The van der Waals surface area contributed by atoms with Crippen molar-refractivity contribution in [3.63, 3.8) is 0 Å². The first kappa shape index (κ1) is 16.5. The number of nitrogens with one attached hydrogen (secondary N) is 2. The maximum absolute atomic E-state index is 12.2. The molecule has 1 aromatic heterocycles. The van der Waals surface area contributed by atoms with E-state index in [9.17, 15) is 9.59 Å². The van der Waals surface area contributed by atoms with Crippen molar-refractivity contribution >= 4 is 17.6 Å². The van der Waals surface area contributed by atoms with Crippen LogP contribution in [0.5, 0.6) is 0 Å². The van der Waals surface area contributed by atoms with Crippen molar-refractivity contribution in [2.45, 2.75) is 12.5 Å². The van der Waals surface area contributed by atoms with Gasteiger partial charge in [0.1, 0.15) is 0 Å². The summed E-state index contributed by atoms with van der Waals surface area (Å²) in [5.74, 6) is -0.0527. The molecule has 2 aromatic rings. The van der Waals surface area contributed by atoms with Crippen LogP contribution < -0.4 is 10.6 Å². The minimum absolute atomic E-state index is 0.0527. The number of hydrogen-bond donors (Lipinski definition) is 2. The molecule has 0 saturated heterocycles. The van der Waals surface area contributed by atoms with Gasteiger partial charge < -0.3 is 15.5 Å². The molecule has 0 spiro atoms. The Morgan fingerprint density at radius 1 is 1.09 bits per heavy atom. The van der Waals surface area contributed by atoms with Crippen LogP contribution in [0.3, 0.4) is 0 Å². The number of aromatic nitrogens is 1. The number of carbonyl (C=O) groups excluding carboxylic acids is 2. The molecule has 0 aliphatic rings. The zero-order valence-electron chi connectivity index (χ0n) is 13.2. The van der Waals surface area contributed by atoms with Gasteiger partial charge in [-0.2, -0.15) is 0 Å². The summed E-state index contributed by atoms with van der Waals surface area (Å²) in [5.41, 5.74) is 1.52. The summed E-state index contributed by atoms with van der Waals surface area (Å²) in [4.78, 5) is 29.6. The Labute approximate surface area is 135 Å². The van der Waals surface area contributed by atoms with Crippen molar-refractivity contribution in [3.05, 3.63) is 60.4 Å². The molecule has 0 aliphatic carbocycles. The van der Waals surface area contributed by atoms with Crippen molar-refractivity contribution in [3.8, 4) is 0 Å². The molecule has 23 heavy (non-hydrogen) atoms. The minimum atomic E-state index is -0.395. The predicted molar refractivity (Wildman–Crippen MR) is 88.9 cm³/mol. The van der Waals surface area contributed by atoms with E-state index in [-0.39, 0.29) is 18.4 Å². The summed E-state index contributed by atoms with van der Waals surface area (Å²) in [6.45, 7) is 0. The maximum Gasteiger partial charge on any atom is 0.319 e. The highest BCUT2D eigenvalue weighted by molar-refractivity contribution is 5.90. The van der Waals surface area contributed by atoms with E-state index in [0.29, 0.717) is 5.69 Å². The third-order valence-corrected chi connectivity index (χ3v) is 3.32. The van der Waals surface area contributed by atoms with Gasteiger partial charge in [-0.1, -0.05) is 30.3 Å². The van der Waals surface area contributed by atoms with Gasteiger partial charge in [-0.25, -0.2) is 4.79 Å². The lowest BCUT2D eigenvalue weighted by Gasteiger charge is -2.21. The van der Waals surface area contributed by atoms with Gasteiger partial charge in [0.05, 0.1) is 12.5 Å². The van der Waals surface area contributed by atoms with Crippen LogP contribution in [-0.2, 0) is 4.79 Å². The van der Waals surface area contributed by atoms with Gasteiger partial charge in [0.15, 0.2) is 0 Å². The van der Waals surface area contributed by atoms with Crippen molar-refractivity contribution in [1.82, 2.24) is 15.2 Å². The summed E-state index contributed by atoms with van der Waals surface area (Å²) in [6.07, 6.45) is 3.39. The van der Waals surface area contributed by atoms with E-state index in [0.717, 1.165) is 5.56 Å². The summed E-state index contributed by atoms with van der Waals surface area (Å²) in [6, 6.07) is 12.1. The first-order chi connectivity index (χ1) is 11.1. The Morgan fingerprint density at radius 3 is 2.35 bits per heavy atom. The second-order valence-electron chi connectivity index (χ2n) is 5.29. The molecule has 120 valence electrons. The molecule has 0 aliphatic heterocycles. The molecule has 0 radical (unpaired) electrons. The molecule has 2 N–H and O–H groups in total. The van der Waals surface area contributed by atoms with Crippen molar-refractivity contribution in [2.75, 3.05) is 19.4 Å². The zero-order valence-corrected chi connectivity index (χ0v) is 13.2. The van der Waals surface area contributed by atoms with Crippen LogP contribution in [0, 0.1) is 0 Å². The molecule has 2 rings (SSSR count). The average molecular weight is 312 g/mol. The van der Waals surface area contributed by atoms with E-state index in [2.05, 4.69) is 15.6 Å². The Balaban J connectivity index is 2.08. The molecule has 0 saturated carbocycles. The van der Waals surface area contributed by atoms with E-state index >= 15 is 0 Å². The maximum atomic E-state index is 12.2. The van der Waals surface area contributed by atoms with Crippen LogP contribution >= 0.6 is 0 Å². The molecule has 0 fully saturated rings. The van der Waals surface area contributed by atoms with Gasteiger partial charge in [-0.15, -0.1) is 0 Å². The smallest absolute Gasteiger partial charge is 0.319 e. The second-order valence-corrected chi connectivity index (χ2v) is 5.29. The van der Waals surface area contributed by atoms with Gasteiger partial charge >= 0.3 is 6.03 Å². The number of rotatable bonds is 5. The Bertz CT molecular complexity index is 644. The molecule has 1 heterocycles. The average Bonchev–Trinajstić information content (AvgIpc) is 2.55. The Hall–Kier alpha value is -2.89. The van der Waals surface area contributed by atoms with Crippen LogP contribution in [0.2, 0.25) is 0 Å². The van der Waals surface area contributed by atoms with Gasteiger partial charge in [0.25, 0.3) is 0 Å². The van der Waals surface area contributed by atoms with E-state index < -0.39 is 6.04 Å². The number of carbonyl (C=O) groups is 2. The summed E-state index contributed by atoms with van der Waals surface area (Å²) < 4.78 is 0. The highest BCUT2D eigenvalue weighted by Crippen LogP contribution is 2.17. The van der Waals surface area contributed by atoms with E-state index in [1.54, 1.807) is 38.6 Å². The predicted octanol–water partition coefficient (Wildman–Crippen LogP) is 2.42. The molecule has 0 bridgehead atoms. The van der Waals surface area contributed by atoms with Gasteiger partial charge in [0.2, 0.25) is 5.91 Å². The first-order valence-electron chi connectivity index (χ1n) is 7.29. The van der Waals surface area contributed by atoms with Crippen LogP contribution in [0.4, 0.5) is 10.5 Å². The molecular weight excluding hydrogens is 292 g/mol. The fraction of sp³-hybridized carbons (Fsp3) is 0.235. The van der Waals surface area contributed by atoms with Crippen molar-refractivity contribution in [2.24, 2.45) is 0 Å². The summed E-state index contributed by atoms with van der Waals surface area (Å²) in [5, 5.41) is 5.58. The quantitative estimate of drug-likeness (QED) is 0.890. The third kappa shape index (κ3) is 5.10. The van der Waals surface area contributed by atoms with E-state index in [1.807, 2.05) is 30.3 Å². The van der Waals surface area contributed by atoms with E-state index in [4.69, 9.17) is 0 Å². The molecule has 1 atom stereocenters. The number of nitrogens with zero attached hydrogens (tertiary/aromatic N) is 2. The largest absolute Gasteiger partial charge is 0.349 e. The lowest BCUT2D eigenvalue weighted by molar-refractivity contribution is -0.129. The number of pyridine rings is 1. The number of amides is 3. The Kier molecular flexibility index (Phi) is 5.68. The second kappa shape index (κ2) is 7.93. The van der Waals surface area contributed by atoms with E-state index in [1.165, 1.54) is 4.90 Å². The number of hydrogen-bond acceptors (Lipinski definition) is 3. The van der Waals surface area contributed by atoms with Crippen LogP contribution in [0.25, 0.3) is 0 Å². The number of benzene rings is 1. The highest BCUT2D eigenvalue weighted by Gasteiger charge is 2.19. The monoisotopic (exact) mass is 312 g/mol. The third-order valence-electron chi connectivity index (χ3n) is 3.32.